The van der Waals surface area contributed by atoms with Gasteiger partial charge >= 0.3 is 0 Å². The molecule has 1 N–H and O–H groups in total. The van der Waals surface area contributed by atoms with Crippen LogP contribution in [0.15, 0.2) is 12.3 Å². The molecule has 0 bridgehead atoms. The summed E-state index contributed by atoms with van der Waals surface area (Å²) in [5.41, 5.74) is -0.694. The van der Waals surface area contributed by atoms with E-state index in [0.717, 1.165) is 25.7 Å². The van der Waals surface area contributed by atoms with E-state index in [4.69, 9.17) is 0 Å². The Morgan fingerprint density at radius 3 is 2.65 bits per heavy atom. The number of aromatic nitrogens is 2. The van der Waals surface area contributed by atoms with E-state index in [1.807, 2.05) is 14.0 Å². The van der Waals surface area contributed by atoms with Gasteiger partial charge in [0.25, 0.3) is 5.91 Å². The molecule has 1 spiro atoms. The molecule has 3 rings (SSSR count). The van der Waals surface area contributed by atoms with Gasteiger partial charge in [0.1, 0.15) is 11.6 Å². The third-order valence-electron chi connectivity index (χ3n) is 4.40. The fourth-order valence-corrected chi connectivity index (χ4v) is 3.34. The SMILES string of the molecule is CCC1C(=O)NC2(CCCC2)C(=O)N1c1ccn(C)n1. The van der Waals surface area contributed by atoms with Crippen LogP contribution in [-0.4, -0.2) is 33.2 Å². The van der Waals surface area contributed by atoms with Crippen LogP contribution in [0, 0.1) is 0 Å². The largest absolute Gasteiger partial charge is 0.340 e. The Morgan fingerprint density at radius 2 is 2.10 bits per heavy atom. The van der Waals surface area contributed by atoms with Crippen molar-refractivity contribution in [1.29, 1.82) is 0 Å². The van der Waals surface area contributed by atoms with Gasteiger partial charge in [-0.05, 0) is 19.3 Å². The highest BCUT2D eigenvalue weighted by atomic mass is 16.2. The molecule has 6 nitrogen and oxygen atoms in total. The molecule has 1 saturated heterocycles. The zero-order valence-electron chi connectivity index (χ0n) is 11.9. The van der Waals surface area contributed by atoms with E-state index in [-0.39, 0.29) is 11.8 Å². The minimum atomic E-state index is -0.694. The van der Waals surface area contributed by atoms with Crippen molar-refractivity contribution in [2.24, 2.45) is 7.05 Å². The van der Waals surface area contributed by atoms with E-state index < -0.39 is 11.6 Å². The quantitative estimate of drug-likeness (QED) is 0.875. The van der Waals surface area contributed by atoms with Crippen LogP contribution in [0.5, 0.6) is 0 Å². The molecular formula is C14H20N4O2. The van der Waals surface area contributed by atoms with Gasteiger partial charge in [-0.3, -0.25) is 19.2 Å². The number of anilines is 1. The zero-order valence-corrected chi connectivity index (χ0v) is 11.9. The lowest BCUT2D eigenvalue weighted by Crippen LogP contribution is -2.69. The summed E-state index contributed by atoms with van der Waals surface area (Å²) in [5, 5.41) is 7.30. The second kappa shape index (κ2) is 4.61. The van der Waals surface area contributed by atoms with Crippen molar-refractivity contribution in [3.63, 3.8) is 0 Å². The van der Waals surface area contributed by atoms with Gasteiger partial charge in [-0.1, -0.05) is 19.8 Å². The molecule has 1 aromatic heterocycles. The molecule has 2 heterocycles. The van der Waals surface area contributed by atoms with Crippen LogP contribution in [0.2, 0.25) is 0 Å². The molecular weight excluding hydrogens is 256 g/mol. The number of hydrogen-bond acceptors (Lipinski definition) is 3. The number of amides is 2. The first-order chi connectivity index (χ1) is 9.57. The molecule has 1 atom stereocenters. The fraction of sp³-hybridized carbons (Fsp3) is 0.643. The number of carbonyl (C=O) groups is 2. The van der Waals surface area contributed by atoms with E-state index >= 15 is 0 Å². The summed E-state index contributed by atoms with van der Waals surface area (Å²) in [4.78, 5) is 26.9. The molecule has 1 aliphatic carbocycles. The predicted molar refractivity (Wildman–Crippen MR) is 74.1 cm³/mol. The molecule has 20 heavy (non-hydrogen) atoms. The van der Waals surface area contributed by atoms with Crippen molar-refractivity contribution in [3.05, 3.63) is 12.3 Å². The second-order valence-electron chi connectivity index (χ2n) is 5.73. The number of nitrogens with zero attached hydrogens (tertiary/aromatic N) is 3. The van der Waals surface area contributed by atoms with E-state index in [1.54, 1.807) is 21.8 Å². The van der Waals surface area contributed by atoms with Crippen molar-refractivity contribution < 1.29 is 9.59 Å². The Balaban J connectivity index is 2.02. The van der Waals surface area contributed by atoms with Crippen LogP contribution < -0.4 is 10.2 Å². The molecule has 0 radical (unpaired) electrons. The molecule has 1 aliphatic heterocycles. The first kappa shape index (κ1) is 13.1. The lowest BCUT2D eigenvalue weighted by molar-refractivity contribution is -0.138. The smallest absolute Gasteiger partial charge is 0.254 e. The number of piperazine rings is 1. The second-order valence-corrected chi connectivity index (χ2v) is 5.73. The summed E-state index contributed by atoms with van der Waals surface area (Å²) in [5.74, 6) is 0.519. The van der Waals surface area contributed by atoms with Crippen LogP contribution in [-0.2, 0) is 16.6 Å². The van der Waals surface area contributed by atoms with Gasteiger partial charge in [0.15, 0.2) is 5.82 Å². The molecule has 108 valence electrons. The van der Waals surface area contributed by atoms with Crippen LogP contribution in [0.1, 0.15) is 39.0 Å². The maximum atomic E-state index is 12.9. The number of hydrogen-bond donors (Lipinski definition) is 1. The summed E-state index contributed by atoms with van der Waals surface area (Å²) in [6.45, 7) is 1.92. The first-order valence-electron chi connectivity index (χ1n) is 7.23. The summed E-state index contributed by atoms with van der Waals surface area (Å²) in [6, 6.07) is 1.34. The van der Waals surface area contributed by atoms with Gasteiger partial charge in [0.2, 0.25) is 5.91 Å². The van der Waals surface area contributed by atoms with Crippen molar-refractivity contribution in [2.75, 3.05) is 4.90 Å². The van der Waals surface area contributed by atoms with E-state index in [2.05, 4.69) is 10.4 Å². The summed E-state index contributed by atoms with van der Waals surface area (Å²) in [7, 11) is 1.81. The maximum absolute atomic E-state index is 12.9. The molecule has 2 amide bonds. The molecule has 2 aliphatic rings. The number of aryl methyl sites for hydroxylation is 1. The Kier molecular flexibility index (Phi) is 3.03. The number of carbonyl (C=O) groups excluding carboxylic acids is 2. The fourth-order valence-electron chi connectivity index (χ4n) is 3.34. The number of nitrogens with one attached hydrogen (secondary N) is 1. The van der Waals surface area contributed by atoms with Crippen molar-refractivity contribution >= 4 is 17.6 Å². The third kappa shape index (κ3) is 1.82. The molecule has 1 saturated carbocycles. The summed E-state index contributed by atoms with van der Waals surface area (Å²) < 4.78 is 1.66. The highest BCUT2D eigenvalue weighted by molar-refractivity contribution is 6.10. The molecule has 0 aromatic carbocycles. The predicted octanol–water partition coefficient (Wildman–Crippen LogP) is 0.974. The molecule has 1 unspecified atom stereocenters. The van der Waals surface area contributed by atoms with Crippen molar-refractivity contribution in [3.8, 4) is 0 Å². The van der Waals surface area contributed by atoms with Gasteiger partial charge in [-0.15, -0.1) is 0 Å². The lowest BCUT2D eigenvalue weighted by atomic mass is 9.90. The van der Waals surface area contributed by atoms with E-state index in [9.17, 15) is 9.59 Å². The van der Waals surface area contributed by atoms with E-state index in [0.29, 0.717) is 12.2 Å². The van der Waals surface area contributed by atoms with E-state index in [1.165, 1.54) is 0 Å². The van der Waals surface area contributed by atoms with Crippen LogP contribution in [0.25, 0.3) is 0 Å². The third-order valence-corrected chi connectivity index (χ3v) is 4.40. The Morgan fingerprint density at radius 1 is 1.40 bits per heavy atom. The summed E-state index contributed by atoms with van der Waals surface area (Å²) in [6.07, 6.45) is 5.82. The van der Waals surface area contributed by atoms with Gasteiger partial charge in [0, 0.05) is 19.3 Å². The van der Waals surface area contributed by atoms with Crippen LogP contribution in [0.4, 0.5) is 5.82 Å². The van der Waals surface area contributed by atoms with Gasteiger partial charge < -0.3 is 5.32 Å². The Hall–Kier alpha value is -1.85. The molecule has 2 fully saturated rings. The zero-order chi connectivity index (χ0) is 14.3. The van der Waals surface area contributed by atoms with Crippen molar-refractivity contribution in [2.45, 2.75) is 50.6 Å². The van der Waals surface area contributed by atoms with Gasteiger partial charge in [-0.25, -0.2) is 0 Å². The lowest BCUT2D eigenvalue weighted by Gasteiger charge is -2.43. The average molecular weight is 276 g/mol. The first-order valence-corrected chi connectivity index (χ1v) is 7.23. The van der Waals surface area contributed by atoms with Crippen LogP contribution >= 0.6 is 0 Å². The maximum Gasteiger partial charge on any atom is 0.254 e. The van der Waals surface area contributed by atoms with Gasteiger partial charge in [-0.2, -0.15) is 5.10 Å². The topological polar surface area (TPSA) is 67.2 Å². The van der Waals surface area contributed by atoms with Crippen LogP contribution in [0.3, 0.4) is 0 Å². The molecule has 1 aromatic rings. The highest BCUT2D eigenvalue weighted by Crippen LogP contribution is 2.36. The highest BCUT2D eigenvalue weighted by Gasteiger charge is 2.52. The minimum absolute atomic E-state index is 0.000139. The number of rotatable bonds is 2. The standard InChI is InChI=1S/C14H20N4O2/c1-3-10-12(19)15-14(7-4-5-8-14)13(20)18(10)11-6-9-17(2)16-11/h6,9-10H,3-5,7-8H2,1-2H3,(H,15,19). The Bertz CT molecular complexity index is 545. The normalized spacial score (nSPS) is 25.3. The molecule has 6 heteroatoms. The summed E-state index contributed by atoms with van der Waals surface area (Å²) >= 11 is 0. The van der Waals surface area contributed by atoms with Gasteiger partial charge in [0.05, 0.1) is 0 Å². The average Bonchev–Trinajstić information content (AvgIpc) is 3.04. The minimum Gasteiger partial charge on any atom is -0.340 e. The Labute approximate surface area is 118 Å². The van der Waals surface area contributed by atoms with Crippen molar-refractivity contribution in [1.82, 2.24) is 15.1 Å². The monoisotopic (exact) mass is 276 g/mol.